The lowest BCUT2D eigenvalue weighted by Gasteiger charge is -2.13. The third-order valence-electron chi connectivity index (χ3n) is 4.95. The summed E-state index contributed by atoms with van der Waals surface area (Å²) in [7, 11) is 3.04. The molecule has 0 aliphatic rings. The first kappa shape index (κ1) is 26.4. The first-order valence-electron chi connectivity index (χ1n) is 11.1. The Morgan fingerprint density at radius 1 is 0.889 bits per heavy atom. The summed E-state index contributed by atoms with van der Waals surface area (Å²) in [5.41, 5.74) is 2.66. The minimum Gasteiger partial charge on any atom is -0.493 e. The Morgan fingerprint density at radius 2 is 1.50 bits per heavy atom. The van der Waals surface area contributed by atoms with Crippen LogP contribution in [0.2, 0.25) is 5.02 Å². The molecule has 3 aromatic rings. The highest BCUT2D eigenvalue weighted by atomic mass is 35.5. The van der Waals surface area contributed by atoms with Crippen molar-refractivity contribution in [1.29, 1.82) is 5.26 Å². The van der Waals surface area contributed by atoms with Crippen molar-refractivity contribution in [3.05, 3.63) is 88.5 Å². The number of ether oxygens (including phenoxy) is 4. The van der Waals surface area contributed by atoms with Gasteiger partial charge in [-0.15, -0.1) is 0 Å². The molecule has 0 heterocycles. The summed E-state index contributed by atoms with van der Waals surface area (Å²) >= 11 is 5.94. The molecule has 3 aromatic carbocycles. The molecule has 0 atom stereocenters. The number of carbonyl (C=O) groups excluding carboxylic acids is 1. The van der Waals surface area contributed by atoms with E-state index in [4.69, 9.17) is 30.5 Å². The number of methoxy groups -OCH3 is 2. The van der Waals surface area contributed by atoms with Crippen molar-refractivity contribution in [2.45, 2.75) is 20.0 Å². The predicted molar refractivity (Wildman–Crippen MR) is 141 cm³/mol. The fourth-order valence-electron chi connectivity index (χ4n) is 3.28. The second-order valence-electron chi connectivity index (χ2n) is 7.92. The van der Waals surface area contributed by atoms with E-state index in [0.29, 0.717) is 33.4 Å². The summed E-state index contributed by atoms with van der Waals surface area (Å²) in [5.74, 6) is 1.24. The van der Waals surface area contributed by atoms with Crippen molar-refractivity contribution in [1.82, 2.24) is 0 Å². The normalized spacial score (nSPS) is 11.3. The van der Waals surface area contributed by atoms with E-state index >= 15 is 0 Å². The predicted octanol–water partition coefficient (Wildman–Crippen LogP) is 6.83. The largest absolute Gasteiger partial charge is 0.493 e. The van der Waals surface area contributed by atoms with Gasteiger partial charge in [-0.3, -0.25) is 0 Å². The van der Waals surface area contributed by atoms with Crippen LogP contribution in [0.1, 0.15) is 30.5 Å². The van der Waals surface area contributed by atoms with Crippen LogP contribution in [0.4, 0.5) is 0 Å². The van der Waals surface area contributed by atoms with E-state index < -0.39 is 5.97 Å². The van der Waals surface area contributed by atoms with Crippen LogP contribution in [0.15, 0.2) is 66.7 Å². The number of rotatable bonds is 9. The molecular formula is C29H26ClNO5. The SMILES string of the molecule is COc1cc(/C=C(\C#N)c2ccc(Cl)cc2)ccc1OC(=O)/C=C/c1ccc(OC(C)C)c(OC)c1. The number of halogens is 1. The number of benzene rings is 3. The monoisotopic (exact) mass is 503 g/mol. The maximum Gasteiger partial charge on any atom is 0.336 e. The Kier molecular flexibility index (Phi) is 9.15. The average molecular weight is 504 g/mol. The maximum atomic E-state index is 12.5. The molecule has 0 fully saturated rings. The fraction of sp³-hybridized carbons (Fsp3) is 0.172. The topological polar surface area (TPSA) is 77.8 Å². The van der Waals surface area contributed by atoms with Crippen LogP contribution in [0.25, 0.3) is 17.7 Å². The molecule has 0 bridgehead atoms. The van der Waals surface area contributed by atoms with E-state index in [0.717, 1.165) is 11.1 Å². The van der Waals surface area contributed by atoms with E-state index in [-0.39, 0.29) is 11.9 Å². The van der Waals surface area contributed by atoms with Crippen molar-refractivity contribution in [2.75, 3.05) is 14.2 Å². The maximum absolute atomic E-state index is 12.5. The number of carbonyl (C=O) groups is 1. The Balaban J connectivity index is 1.75. The highest BCUT2D eigenvalue weighted by Crippen LogP contribution is 2.31. The highest BCUT2D eigenvalue weighted by molar-refractivity contribution is 6.30. The molecule has 0 aliphatic carbocycles. The van der Waals surface area contributed by atoms with E-state index in [9.17, 15) is 10.1 Å². The third-order valence-corrected chi connectivity index (χ3v) is 5.20. The zero-order valence-corrected chi connectivity index (χ0v) is 21.2. The lowest BCUT2D eigenvalue weighted by atomic mass is 10.0. The van der Waals surface area contributed by atoms with Gasteiger partial charge in [-0.2, -0.15) is 5.26 Å². The number of allylic oxidation sites excluding steroid dienone is 1. The van der Waals surface area contributed by atoms with E-state index in [1.807, 2.05) is 19.9 Å². The van der Waals surface area contributed by atoms with Gasteiger partial charge in [0.2, 0.25) is 0 Å². The van der Waals surface area contributed by atoms with Gasteiger partial charge >= 0.3 is 5.97 Å². The number of hydrogen-bond donors (Lipinski definition) is 0. The summed E-state index contributed by atoms with van der Waals surface area (Å²) < 4.78 is 22.0. The van der Waals surface area contributed by atoms with Crippen molar-refractivity contribution in [3.63, 3.8) is 0 Å². The lowest BCUT2D eigenvalue weighted by Crippen LogP contribution is -2.06. The summed E-state index contributed by atoms with van der Waals surface area (Å²) in [6.07, 6.45) is 4.67. The van der Waals surface area contributed by atoms with Crippen LogP contribution < -0.4 is 18.9 Å². The van der Waals surface area contributed by atoms with E-state index in [1.165, 1.54) is 13.2 Å². The van der Waals surface area contributed by atoms with Crippen LogP contribution in [0.5, 0.6) is 23.0 Å². The molecule has 0 unspecified atom stereocenters. The number of nitrogens with zero attached hydrogens (tertiary/aromatic N) is 1. The van der Waals surface area contributed by atoms with Crippen molar-refractivity contribution in [2.24, 2.45) is 0 Å². The molecule has 184 valence electrons. The summed E-state index contributed by atoms with van der Waals surface area (Å²) in [4.78, 5) is 12.5. The molecule has 3 rings (SSSR count). The van der Waals surface area contributed by atoms with Gasteiger partial charge in [-0.25, -0.2) is 4.79 Å². The van der Waals surface area contributed by atoms with E-state index in [1.54, 1.807) is 73.9 Å². The molecule has 0 N–H and O–H groups in total. The lowest BCUT2D eigenvalue weighted by molar-refractivity contribution is -0.129. The summed E-state index contributed by atoms with van der Waals surface area (Å²) in [5, 5.41) is 10.2. The fourth-order valence-corrected chi connectivity index (χ4v) is 3.41. The second-order valence-corrected chi connectivity index (χ2v) is 8.35. The van der Waals surface area contributed by atoms with Gasteiger partial charge in [-0.05, 0) is 79.1 Å². The van der Waals surface area contributed by atoms with Crippen LogP contribution in [-0.4, -0.2) is 26.3 Å². The molecular weight excluding hydrogens is 478 g/mol. The van der Waals surface area contributed by atoms with Gasteiger partial charge in [-0.1, -0.05) is 35.9 Å². The van der Waals surface area contributed by atoms with Gasteiger partial charge in [0.25, 0.3) is 0 Å². The molecule has 0 amide bonds. The molecule has 0 saturated carbocycles. The Morgan fingerprint density at radius 3 is 2.14 bits per heavy atom. The Hall–Kier alpha value is -4.21. The molecule has 0 aromatic heterocycles. The molecule has 0 saturated heterocycles. The molecule has 36 heavy (non-hydrogen) atoms. The molecule has 0 spiro atoms. The summed E-state index contributed by atoms with van der Waals surface area (Å²) in [6.45, 7) is 3.87. The van der Waals surface area contributed by atoms with Crippen LogP contribution >= 0.6 is 11.6 Å². The third kappa shape index (κ3) is 7.14. The average Bonchev–Trinajstić information content (AvgIpc) is 2.87. The minimum absolute atomic E-state index is 0.0102. The highest BCUT2D eigenvalue weighted by Gasteiger charge is 2.11. The molecule has 7 heteroatoms. The Labute approximate surface area is 215 Å². The van der Waals surface area contributed by atoms with Gasteiger partial charge in [0.1, 0.15) is 0 Å². The van der Waals surface area contributed by atoms with Gasteiger partial charge in [0.05, 0.1) is 32.0 Å². The molecule has 0 radical (unpaired) electrons. The summed E-state index contributed by atoms with van der Waals surface area (Å²) in [6, 6.07) is 19.6. The quantitative estimate of drug-likeness (QED) is 0.105. The smallest absolute Gasteiger partial charge is 0.336 e. The number of hydrogen-bond acceptors (Lipinski definition) is 6. The van der Waals surface area contributed by atoms with Crippen LogP contribution in [0.3, 0.4) is 0 Å². The second kappa shape index (κ2) is 12.5. The van der Waals surface area contributed by atoms with Crippen LogP contribution in [0, 0.1) is 11.3 Å². The first-order valence-corrected chi connectivity index (χ1v) is 11.5. The zero-order valence-electron chi connectivity index (χ0n) is 20.4. The van der Waals surface area contributed by atoms with E-state index in [2.05, 4.69) is 6.07 Å². The van der Waals surface area contributed by atoms with Gasteiger partial charge < -0.3 is 18.9 Å². The standard InChI is InChI=1S/C29H26ClNO5/c1-19(2)35-25-12-5-20(16-27(25)33-3)7-14-29(32)36-26-13-6-21(17-28(26)34-4)15-23(18-31)22-8-10-24(30)11-9-22/h5-17,19H,1-4H3/b14-7+,23-15+. The molecule has 0 aliphatic heterocycles. The first-order chi connectivity index (χ1) is 17.3. The van der Waals surface area contributed by atoms with Gasteiger partial charge in [0.15, 0.2) is 23.0 Å². The Bertz CT molecular complexity index is 1320. The zero-order chi connectivity index (χ0) is 26.1. The number of esters is 1. The van der Waals surface area contributed by atoms with Crippen molar-refractivity contribution < 1.29 is 23.7 Å². The van der Waals surface area contributed by atoms with Crippen LogP contribution in [-0.2, 0) is 4.79 Å². The van der Waals surface area contributed by atoms with Crippen molar-refractivity contribution in [3.8, 4) is 29.1 Å². The number of nitriles is 1. The van der Waals surface area contributed by atoms with Crippen molar-refractivity contribution >= 4 is 35.3 Å². The van der Waals surface area contributed by atoms with Gasteiger partial charge in [0, 0.05) is 11.1 Å². The minimum atomic E-state index is -0.572. The molecule has 6 nitrogen and oxygen atoms in total.